The van der Waals surface area contributed by atoms with Crippen molar-refractivity contribution in [3.8, 4) is 11.8 Å². The van der Waals surface area contributed by atoms with Crippen LogP contribution in [0.25, 0.3) is 0 Å². The van der Waals surface area contributed by atoms with Gasteiger partial charge in [-0.05, 0) is 42.8 Å². The van der Waals surface area contributed by atoms with Gasteiger partial charge in [-0.25, -0.2) is 23.9 Å². The predicted molar refractivity (Wildman–Crippen MR) is 137 cm³/mol. The molecule has 2 aromatic heterocycles. The Labute approximate surface area is 218 Å². The topological polar surface area (TPSA) is 137 Å². The fourth-order valence-corrected chi connectivity index (χ4v) is 3.89. The van der Waals surface area contributed by atoms with Crippen LogP contribution in [-0.2, 0) is 0 Å². The molecular weight excluding hydrogens is 491 g/mol. The summed E-state index contributed by atoms with van der Waals surface area (Å²) < 4.78 is 20.7. The Morgan fingerprint density at radius 3 is 2.53 bits per heavy atom. The summed E-state index contributed by atoms with van der Waals surface area (Å²) in [4.78, 5) is 48.0. The van der Waals surface area contributed by atoms with Gasteiger partial charge in [0.15, 0.2) is 5.78 Å². The molecule has 4 rings (SSSR count). The highest BCUT2D eigenvalue weighted by Crippen LogP contribution is 2.47. The molecular formula is C27H25FN6O4. The Hall–Kier alpha value is -4.85. The molecule has 3 aromatic rings. The molecule has 2 N–H and O–H groups in total. The van der Waals surface area contributed by atoms with Gasteiger partial charge in [-0.2, -0.15) is 5.26 Å². The van der Waals surface area contributed by atoms with Crippen LogP contribution in [0.1, 0.15) is 57.5 Å². The van der Waals surface area contributed by atoms with Crippen LogP contribution in [0.4, 0.5) is 20.8 Å². The number of amides is 2. The van der Waals surface area contributed by atoms with Crippen LogP contribution in [0.3, 0.4) is 0 Å². The number of rotatable bonds is 8. The van der Waals surface area contributed by atoms with Crippen molar-refractivity contribution in [1.82, 2.24) is 15.3 Å². The largest absolute Gasteiger partial charge is 0.422 e. The van der Waals surface area contributed by atoms with E-state index in [0.29, 0.717) is 17.8 Å². The number of halogens is 1. The van der Waals surface area contributed by atoms with Gasteiger partial charge in [-0.1, -0.05) is 6.92 Å². The maximum atomic E-state index is 15.1. The highest BCUT2D eigenvalue weighted by atomic mass is 19.1. The summed E-state index contributed by atoms with van der Waals surface area (Å²) in [6, 6.07) is 9.55. The summed E-state index contributed by atoms with van der Waals surface area (Å²) in [5.74, 6) is -1.54. The molecule has 1 aliphatic carbocycles. The first kappa shape index (κ1) is 26.2. The number of nitriles is 1. The number of benzene rings is 1. The molecule has 1 aromatic carbocycles. The molecule has 2 heterocycles. The fourth-order valence-electron chi connectivity index (χ4n) is 3.89. The van der Waals surface area contributed by atoms with Gasteiger partial charge < -0.3 is 15.0 Å². The lowest BCUT2D eigenvalue weighted by Gasteiger charge is -2.16. The molecule has 1 saturated carbocycles. The van der Waals surface area contributed by atoms with Gasteiger partial charge in [0.2, 0.25) is 0 Å². The minimum Gasteiger partial charge on any atom is -0.422 e. The second-order valence-electron chi connectivity index (χ2n) is 8.89. The molecule has 2 atom stereocenters. The predicted octanol–water partition coefficient (Wildman–Crippen LogP) is 4.04. The molecule has 11 heteroatoms. The summed E-state index contributed by atoms with van der Waals surface area (Å²) in [7, 11) is 3.62. The number of anilines is 2. The number of esters is 1. The highest BCUT2D eigenvalue weighted by molar-refractivity contribution is 6.01. The molecule has 194 valence electrons. The Morgan fingerprint density at radius 2 is 1.92 bits per heavy atom. The van der Waals surface area contributed by atoms with Crippen molar-refractivity contribution < 1.29 is 23.5 Å². The van der Waals surface area contributed by atoms with Crippen LogP contribution in [-0.4, -0.2) is 47.9 Å². The van der Waals surface area contributed by atoms with Crippen LogP contribution in [0.2, 0.25) is 0 Å². The zero-order valence-corrected chi connectivity index (χ0v) is 21.0. The lowest BCUT2D eigenvalue weighted by Crippen LogP contribution is -2.31. The number of hydrogen-bond acceptors (Lipinski definition) is 8. The second-order valence-corrected chi connectivity index (χ2v) is 8.89. The van der Waals surface area contributed by atoms with E-state index in [0.717, 1.165) is 0 Å². The third kappa shape index (κ3) is 5.75. The molecule has 0 spiro atoms. The molecule has 0 bridgehead atoms. The molecule has 1 fully saturated rings. The Morgan fingerprint density at radius 1 is 1.13 bits per heavy atom. The number of ether oxygens (including phenoxy) is 1. The van der Waals surface area contributed by atoms with E-state index < -0.39 is 29.8 Å². The van der Waals surface area contributed by atoms with Crippen LogP contribution >= 0.6 is 0 Å². The SMILES string of the molecule is CCC(=O)c1ccc(F)c([C@@H]2C[C@@H]2NC(=O)Nc2ccc(C#N)cn2)c1OC(=O)c1ccc(N(C)C)nc1. The zero-order chi connectivity index (χ0) is 27.4. The number of aromatic nitrogens is 2. The lowest BCUT2D eigenvalue weighted by molar-refractivity contribution is 0.0729. The van der Waals surface area contributed by atoms with Crippen molar-refractivity contribution in [2.24, 2.45) is 0 Å². The van der Waals surface area contributed by atoms with E-state index in [2.05, 4.69) is 20.6 Å². The number of Topliss-reactive ketones (excluding diaryl/α,β-unsaturated/α-hetero) is 1. The summed E-state index contributed by atoms with van der Waals surface area (Å²) in [6.07, 6.45) is 3.17. The number of nitrogens with zero attached hydrogens (tertiary/aromatic N) is 4. The van der Waals surface area contributed by atoms with E-state index >= 15 is 4.39 Å². The smallest absolute Gasteiger partial charge is 0.345 e. The van der Waals surface area contributed by atoms with Crippen molar-refractivity contribution in [2.75, 3.05) is 24.3 Å². The van der Waals surface area contributed by atoms with E-state index in [4.69, 9.17) is 10.00 Å². The van der Waals surface area contributed by atoms with E-state index in [1.807, 2.05) is 20.2 Å². The number of pyridine rings is 2. The third-order valence-electron chi connectivity index (χ3n) is 6.01. The van der Waals surface area contributed by atoms with Crippen LogP contribution in [0.15, 0.2) is 48.8 Å². The third-order valence-corrected chi connectivity index (χ3v) is 6.01. The Balaban J connectivity index is 1.55. The summed E-state index contributed by atoms with van der Waals surface area (Å²) >= 11 is 0. The molecule has 2 amide bonds. The van der Waals surface area contributed by atoms with Gasteiger partial charge in [-0.3, -0.25) is 10.1 Å². The Bertz CT molecular complexity index is 1420. The van der Waals surface area contributed by atoms with Crippen LogP contribution in [0.5, 0.6) is 5.75 Å². The maximum Gasteiger partial charge on any atom is 0.345 e. The van der Waals surface area contributed by atoms with Crippen molar-refractivity contribution in [3.05, 3.63) is 76.9 Å². The molecule has 0 radical (unpaired) electrons. The van der Waals surface area contributed by atoms with E-state index in [1.165, 1.54) is 42.7 Å². The van der Waals surface area contributed by atoms with Gasteiger partial charge in [0, 0.05) is 50.4 Å². The van der Waals surface area contributed by atoms with Gasteiger partial charge in [0.25, 0.3) is 0 Å². The maximum absolute atomic E-state index is 15.1. The van der Waals surface area contributed by atoms with Crippen molar-refractivity contribution in [2.45, 2.75) is 31.7 Å². The zero-order valence-electron chi connectivity index (χ0n) is 21.0. The number of ketones is 1. The minimum atomic E-state index is -0.783. The second kappa shape index (κ2) is 11.0. The van der Waals surface area contributed by atoms with E-state index in [9.17, 15) is 14.4 Å². The quantitative estimate of drug-likeness (QED) is 0.260. The monoisotopic (exact) mass is 516 g/mol. The molecule has 10 nitrogen and oxygen atoms in total. The standard InChI is InChI=1S/C27H25FN6O4/c1-4-21(35)17-7-8-19(28)24(25(17)38-26(36)16-6-10-23(31-14-16)34(2)3)18-11-20(18)32-27(37)33-22-9-5-15(12-29)13-30-22/h5-10,13-14,18,20H,4,11H2,1-3H3,(H2,30,32,33,37)/t18-,20+/m1/s1. The minimum absolute atomic E-state index is 0.0531. The Kier molecular flexibility index (Phi) is 7.62. The molecule has 1 aliphatic rings. The average Bonchev–Trinajstić information content (AvgIpc) is 3.66. The molecule has 0 unspecified atom stereocenters. The van der Waals surface area contributed by atoms with Gasteiger partial charge >= 0.3 is 12.0 Å². The first-order valence-corrected chi connectivity index (χ1v) is 11.9. The van der Waals surface area contributed by atoms with Crippen molar-refractivity contribution in [1.29, 1.82) is 5.26 Å². The number of hydrogen-bond donors (Lipinski definition) is 2. The van der Waals surface area contributed by atoms with Gasteiger partial charge in [0.05, 0.1) is 16.7 Å². The summed E-state index contributed by atoms with van der Waals surface area (Å²) in [5.41, 5.74) is 0.631. The number of carbonyl (C=O) groups excluding carboxylic acids is 3. The van der Waals surface area contributed by atoms with Crippen LogP contribution < -0.4 is 20.3 Å². The normalized spacial score (nSPS) is 15.7. The first-order chi connectivity index (χ1) is 18.2. The molecule has 0 saturated heterocycles. The average molecular weight is 517 g/mol. The molecule has 0 aliphatic heterocycles. The number of carbonyl (C=O) groups is 3. The van der Waals surface area contributed by atoms with Crippen LogP contribution in [0, 0.1) is 17.1 Å². The van der Waals surface area contributed by atoms with Crippen molar-refractivity contribution >= 4 is 29.4 Å². The van der Waals surface area contributed by atoms with E-state index in [-0.39, 0.29) is 40.5 Å². The number of nitrogens with one attached hydrogen (secondary N) is 2. The lowest BCUT2D eigenvalue weighted by atomic mass is 10.00. The summed E-state index contributed by atoms with van der Waals surface area (Å²) in [5, 5.41) is 14.2. The van der Waals surface area contributed by atoms with Crippen molar-refractivity contribution in [3.63, 3.8) is 0 Å². The number of urea groups is 1. The van der Waals surface area contributed by atoms with E-state index in [1.54, 1.807) is 17.9 Å². The highest BCUT2D eigenvalue weighted by Gasteiger charge is 2.44. The fraction of sp³-hybridized carbons (Fsp3) is 0.259. The van der Waals surface area contributed by atoms with Gasteiger partial charge in [0.1, 0.15) is 29.3 Å². The summed E-state index contributed by atoms with van der Waals surface area (Å²) in [6.45, 7) is 1.66. The van der Waals surface area contributed by atoms with Gasteiger partial charge in [-0.15, -0.1) is 0 Å². The molecule has 38 heavy (non-hydrogen) atoms. The first-order valence-electron chi connectivity index (χ1n) is 11.9.